The van der Waals surface area contributed by atoms with E-state index < -0.39 is 11.9 Å². The lowest BCUT2D eigenvalue weighted by atomic mass is 10.0. The van der Waals surface area contributed by atoms with E-state index in [-0.39, 0.29) is 24.8 Å². The molecular formula is C18H19N5O4. The number of rotatable bonds is 5. The van der Waals surface area contributed by atoms with Gasteiger partial charge in [-0.05, 0) is 43.0 Å². The lowest BCUT2D eigenvalue weighted by Crippen LogP contribution is -2.52. The first-order chi connectivity index (χ1) is 13.1. The molecule has 27 heavy (non-hydrogen) atoms. The van der Waals surface area contributed by atoms with Crippen molar-refractivity contribution in [1.29, 1.82) is 0 Å². The van der Waals surface area contributed by atoms with Gasteiger partial charge in [0.05, 0.1) is 17.6 Å². The van der Waals surface area contributed by atoms with Gasteiger partial charge in [-0.3, -0.25) is 19.7 Å². The molecule has 2 aliphatic rings. The number of aliphatic hydroxyl groups excluding tert-OH is 1. The molecule has 0 aliphatic carbocycles. The van der Waals surface area contributed by atoms with Crippen molar-refractivity contribution in [2.75, 3.05) is 6.61 Å². The zero-order chi connectivity index (χ0) is 19.0. The van der Waals surface area contributed by atoms with Crippen LogP contribution in [-0.4, -0.2) is 55.4 Å². The second kappa shape index (κ2) is 6.92. The molecular weight excluding hydrogens is 350 g/mol. The normalized spacial score (nSPS) is 19.4. The number of nitrogens with zero attached hydrogens (tertiary/aromatic N) is 4. The molecule has 0 spiro atoms. The van der Waals surface area contributed by atoms with Crippen LogP contribution < -0.4 is 5.32 Å². The van der Waals surface area contributed by atoms with Crippen LogP contribution in [0.5, 0.6) is 0 Å². The SMILES string of the molecule is O=C1CCC(N2Cc3cc(-n4cc(CCCO)nn4)ccc3C2=O)C(=O)N1. The molecule has 1 saturated heterocycles. The molecule has 1 aromatic heterocycles. The van der Waals surface area contributed by atoms with Crippen molar-refractivity contribution in [3.8, 4) is 5.69 Å². The number of imide groups is 1. The third kappa shape index (κ3) is 3.21. The van der Waals surface area contributed by atoms with Crippen molar-refractivity contribution in [2.45, 2.75) is 38.3 Å². The number of amides is 3. The van der Waals surface area contributed by atoms with Crippen molar-refractivity contribution in [1.82, 2.24) is 25.2 Å². The topological polar surface area (TPSA) is 117 Å². The lowest BCUT2D eigenvalue weighted by Gasteiger charge is -2.29. The number of fused-ring (bicyclic) bond motifs is 1. The third-order valence-electron chi connectivity index (χ3n) is 4.90. The van der Waals surface area contributed by atoms with Crippen LogP contribution >= 0.6 is 0 Å². The van der Waals surface area contributed by atoms with Gasteiger partial charge in [-0.2, -0.15) is 0 Å². The smallest absolute Gasteiger partial charge is 0.255 e. The highest BCUT2D eigenvalue weighted by Gasteiger charge is 2.39. The van der Waals surface area contributed by atoms with Crippen molar-refractivity contribution in [3.63, 3.8) is 0 Å². The summed E-state index contributed by atoms with van der Waals surface area (Å²) in [7, 11) is 0. The zero-order valence-electron chi connectivity index (χ0n) is 14.6. The Hall–Kier alpha value is -3.07. The Bertz CT molecular complexity index is 922. The summed E-state index contributed by atoms with van der Waals surface area (Å²) in [6.07, 6.45) is 3.64. The quantitative estimate of drug-likeness (QED) is 0.714. The summed E-state index contributed by atoms with van der Waals surface area (Å²) in [5, 5.41) is 19.4. The molecule has 0 bridgehead atoms. The van der Waals surface area contributed by atoms with Crippen molar-refractivity contribution in [2.24, 2.45) is 0 Å². The van der Waals surface area contributed by atoms with Gasteiger partial charge < -0.3 is 10.0 Å². The third-order valence-corrected chi connectivity index (χ3v) is 4.90. The summed E-state index contributed by atoms with van der Waals surface area (Å²) in [6, 6.07) is 4.76. The van der Waals surface area contributed by atoms with E-state index in [0.29, 0.717) is 31.4 Å². The van der Waals surface area contributed by atoms with E-state index in [1.165, 1.54) is 4.90 Å². The summed E-state index contributed by atoms with van der Waals surface area (Å²) < 4.78 is 1.63. The summed E-state index contributed by atoms with van der Waals surface area (Å²) in [4.78, 5) is 37.7. The van der Waals surface area contributed by atoms with Crippen LogP contribution in [0.3, 0.4) is 0 Å². The molecule has 3 heterocycles. The second-order valence-electron chi connectivity index (χ2n) is 6.72. The van der Waals surface area contributed by atoms with Crippen LogP contribution in [0.15, 0.2) is 24.4 Å². The van der Waals surface area contributed by atoms with Gasteiger partial charge in [0.2, 0.25) is 11.8 Å². The number of benzene rings is 1. The van der Waals surface area contributed by atoms with E-state index in [2.05, 4.69) is 15.6 Å². The molecule has 2 aromatic rings. The average molecular weight is 369 g/mol. The highest BCUT2D eigenvalue weighted by Crippen LogP contribution is 2.29. The Labute approximate surface area is 155 Å². The van der Waals surface area contributed by atoms with Crippen molar-refractivity contribution in [3.05, 3.63) is 41.2 Å². The number of piperidine rings is 1. The Morgan fingerprint density at radius 3 is 2.89 bits per heavy atom. The maximum absolute atomic E-state index is 12.7. The van der Waals surface area contributed by atoms with Crippen molar-refractivity contribution < 1.29 is 19.5 Å². The molecule has 140 valence electrons. The Morgan fingerprint density at radius 1 is 1.26 bits per heavy atom. The van der Waals surface area contributed by atoms with Gasteiger partial charge in [-0.25, -0.2) is 4.68 Å². The first-order valence-electron chi connectivity index (χ1n) is 8.87. The summed E-state index contributed by atoms with van der Waals surface area (Å²) >= 11 is 0. The molecule has 9 heteroatoms. The molecule has 1 atom stereocenters. The molecule has 3 amide bonds. The van der Waals surface area contributed by atoms with Crippen LogP contribution in [0.2, 0.25) is 0 Å². The first-order valence-corrected chi connectivity index (χ1v) is 8.87. The van der Waals surface area contributed by atoms with E-state index in [0.717, 1.165) is 16.9 Å². The highest BCUT2D eigenvalue weighted by atomic mass is 16.3. The van der Waals surface area contributed by atoms with Crippen molar-refractivity contribution >= 4 is 17.7 Å². The van der Waals surface area contributed by atoms with Crippen LogP contribution in [0.1, 0.15) is 40.9 Å². The predicted molar refractivity (Wildman–Crippen MR) is 92.8 cm³/mol. The van der Waals surface area contributed by atoms with Gasteiger partial charge in [0.25, 0.3) is 5.91 Å². The fourth-order valence-corrected chi connectivity index (χ4v) is 3.50. The van der Waals surface area contributed by atoms with Crippen LogP contribution in [0.4, 0.5) is 0 Å². The van der Waals surface area contributed by atoms with Crippen LogP contribution in [0, 0.1) is 0 Å². The molecule has 4 rings (SSSR count). The maximum Gasteiger partial charge on any atom is 0.255 e. The predicted octanol–water partition coefficient (Wildman–Crippen LogP) is -0.0468. The summed E-state index contributed by atoms with van der Waals surface area (Å²) in [5.74, 6) is -0.920. The molecule has 1 fully saturated rings. The molecule has 2 N–H and O–H groups in total. The lowest BCUT2D eigenvalue weighted by molar-refractivity contribution is -0.136. The summed E-state index contributed by atoms with van der Waals surface area (Å²) in [5.41, 5.74) is 2.93. The van der Waals surface area contributed by atoms with E-state index in [1.54, 1.807) is 23.0 Å². The highest BCUT2D eigenvalue weighted by molar-refractivity contribution is 6.05. The number of hydrogen-bond acceptors (Lipinski definition) is 6. The van der Waals surface area contributed by atoms with Crippen LogP contribution in [-0.2, 0) is 22.6 Å². The zero-order valence-corrected chi connectivity index (χ0v) is 14.6. The second-order valence-corrected chi connectivity index (χ2v) is 6.72. The Kier molecular flexibility index (Phi) is 4.44. The Balaban J connectivity index is 1.55. The van der Waals surface area contributed by atoms with Gasteiger partial charge in [0, 0.05) is 25.1 Å². The molecule has 0 radical (unpaired) electrons. The van der Waals surface area contributed by atoms with Gasteiger partial charge in [-0.1, -0.05) is 5.21 Å². The minimum Gasteiger partial charge on any atom is -0.396 e. The number of carbonyl (C=O) groups is 3. The molecule has 2 aliphatic heterocycles. The number of hydrogen-bond donors (Lipinski definition) is 2. The van der Waals surface area contributed by atoms with E-state index in [4.69, 9.17) is 5.11 Å². The van der Waals surface area contributed by atoms with Gasteiger partial charge >= 0.3 is 0 Å². The van der Waals surface area contributed by atoms with Gasteiger partial charge in [0.15, 0.2) is 0 Å². The number of aliphatic hydroxyl groups is 1. The largest absolute Gasteiger partial charge is 0.396 e. The minimum absolute atomic E-state index is 0.101. The Morgan fingerprint density at radius 2 is 2.11 bits per heavy atom. The number of aromatic nitrogens is 3. The van der Waals surface area contributed by atoms with E-state index in [9.17, 15) is 14.4 Å². The maximum atomic E-state index is 12.7. The molecule has 0 saturated carbocycles. The van der Waals surface area contributed by atoms with E-state index >= 15 is 0 Å². The van der Waals surface area contributed by atoms with Crippen LogP contribution in [0.25, 0.3) is 5.69 Å². The number of nitrogens with one attached hydrogen (secondary N) is 1. The minimum atomic E-state index is -0.623. The summed E-state index contributed by atoms with van der Waals surface area (Å²) in [6.45, 7) is 0.421. The number of aryl methyl sites for hydroxylation is 1. The molecule has 1 unspecified atom stereocenters. The average Bonchev–Trinajstić information content (AvgIpc) is 3.25. The van der Waals surface area contributed by atoms with E-state index in [1.807, 2.05) is 6.07 Å². The molecule has 9 nitrogen and oxygen atoms in total. The monoisotopic (exact) mass is 369 g/mol. The molecule has 1 aromatic carbocycles. The first kappa shape index (κ1) is 17.3. The van der Waals surface area contributed by atoms with Gasteiger partial charge in [-0.15, -0.1) is 5.10 Å². The number of carbonyl (C=O) groups excluding carboxylic acids is 3. The fourth-order valence-electron chi connectivity index (χ4n) is 3.50. The van der Waals surface area contributed by atoms with Gasteiger partial charge in [0.1, 0.15) is 6.04 Å². The fraction of sp³-hybridized carbons (Fsp3) is 0.389. The standard InChI is InChI=1S/C18H19N5O4/c24-7-1-2-12-10-23(21-20-12)13-3-4-14-11(8-13)9-22(18(14)27)15-5-6-16(25)19-17(15)26/h3-4,8,10,15,24H,1-2,5-7,9H2,(H,19,25,26).